The average molecular weight is 288 g/mol. The molecule has 1 amide bonds. The average Bonchev–Trinajstić information content (AvgIpc) is 2.84. The molecule has 1 aromatic heterocycles. The van der Waals surface area contributed by atoms with Gasteiger partial charge < -0.3 is 15.1 Å². The summed E-state index contributed by atoms with van der Waals surface area (Å²) in [5.41, 5.74) is 7.94. The van der Waals surface area contributed by atoms with Crippen LogP contribution in [0.4, 0.5) is 0 Å². The van der Waals surface area contributed by atoms with E-state index in [0.29, 0.717) is 17.1 Å². The maximum Gasteiger partial charge on any atom is 0.257 e. The molecule has 1 heterocycles. The van der Waals surface area contributed by atoms with Gasteiger partial charge in [-0.2, -0.15) is 0 Å². The molecule has 0 saturated heterocycles. The summed E-state index contributed by atoms with van der Waals surface area (Å²) in [4.78, 5) is 14.2. The van der Waals surface area contributed by atoms with Gasteiger partial charge in [-0.3, -0.25) is 4.79 Å². The number of nitrogens with two attached hydrogens (primary N) is 1. The van der Waals surface area contributed by atoms with E-state index in [2.05, 4.69) is 0 Å². The molecule has 0 aliphatic carbocycles. The van der Waals surface area contributed by atoms with Gasteiger partial charge >= 0.3 is 0 Å². The van der Waals surface area contributed by atoms with Crippen LogP contribution >= 0.6 is 12.2 Å². The summed E-state index contributed by atoms with van der Waals surface area (Å²) in [6.07, 6.45) is 1.47. The minimum Gasteiger partial charge on any atom is -0.469 e. The second-order valence-corrected chi connectivity index (χ2v) is 5.11. The monoisotopic (exact) mass is 288 g/mol. The first-order valence-corrected chi connectivity index (χ1v) is 6.57. The van der Waals surface area contributed by atoms with Gasteiger partial charge in [0, 0.05) is 19.2 Å². The normalized spacial score (nSPS) is 10.3. The molecule has 2 aromatic rings. The highest BCUT2D eigenvalue weighted by molar-refractivity contribution is 7.80. The van der Waals surface area contributed by atoms with Gasteiger partial charge in [-0.1, -0.05) is 30.4 Å². The summed E-state index contributed by atoms with van der Waals surface area (Å²) in [5, 5.41) is 0. The van der Waals surface area contributed by atoms with Crippen LogP contribution in [0.25, 0.3) is 0 Å². The van der Waals surface area contributed by atoms with E-state index in [0.717, 1.165) is 16.9 Å². The molecular weight excluding hydrogens is 272 g/mol. The number of benzene rings is 1. The molecule has 0 aliphatic rings. The molecule has 0 radical (unpaired) electrons. The standard InChI is InChI=1S/C15H16N2O2S/c1-10-6-13(9-19-10)15(18)17(2)8-11-4-3-5-12(7-11)14(16)20/h3-7,9H,8H2,1-2H3,(H2,16,20). The van der Waals surface area contributed by atoms with E-state index in [1.165, 1.54) is 6.26 Å². The van der Waals surface area contributed by atoms with Gasteiger partial charge in [0.05, 0.1) is 5.56 Å². The largest absolute Gasteiger partial charge is 0.469 e. The number of hydrogen-bond acceptors (Lipinski definition) is 3. The number of rotatable bonds is 4. The Bertz CT molecular complexity index is 649. The molecule has 2 N–H and O–H groups in total. The van der Waals surface area contributed by atoms with E-state index >= 15 is 0 Å². The number of amides is 1. The lowest BCUT2D eigenvalue weighted by atomic mass is 10.1. The minimum absolute atomic E-state index is 0.0809. The fourth-order valence-electron chi connectivity index (χ4n) is 1.94. The molecule has 0 atom stereocenters. The highest BCUT2D eigenvalue weighted by Gasteiger charge is 2.14. The third-order valence-electron chi connectivity index (χ3n) is 2.96. The molecule has 0 fully saturated rings. The molecular formula is C15H16N2O2S. The Morgan fingerprint density at radius 3 is 2.70 bits per heavy atom. The van der Waals surface area contributed by atoms with Crippen molar-refractivity contribution in [3.63, 3.8) is 0 Å². The fourth-order valence-corrected chi connectivity index (χ4v) is 2.07. The maximum atomic E-state index is 12.2. The molecule has 20 heavy (non-hydrogen) atoms. The third-order valence-corrected chi connectivity index (χ3v) is 3.19. The number of nitrogens with zero attached hydrogens (tertiary/aromatic N) is 1. The number of thiocarbonyl (C=S) groups is 1. The summed E-state index contributed by atoms with van der Waals surface area (Å²) >= 11 is 4.95. The van der Waals surface area contributed by atoms with Crippen LogP contribution in [0, 0.1) is 6.92 Å². The lowest BCUT2D eigenvalue weighted by Gasteiger charge is -2.16. The molecule has 5 heteroatoms. The molecule has 0 aliphatic heterocycles. The Morgan fingerprint density at radius 2 is 2.10 bits per heavy atom. The summed E-state index contributed by atoms with van der Waals surface area (Å²) in [7, 11) is 1.75. The van der Waals surface area contributed by atoms with Crippen molar-refractivity contribution in [3.8, 4) is 0 Å². The SMILES string of the molecule is Cc1cc(C(=O)N(C)Cc2cccc(C(N)=S)c2)co1. The topological polar surface area (TPSA) is 59.5 Å². The Balaban J connectivity index is 2.11. The molecule has 0 bridgehead atoms. The quantitative estimate of drug-likeness (QED) is 0.878. The van der Waals surface area contributed by atoms with Crippen molar-refractivity contribution in [2.45, 2.75) is 13.5 Å². The minimum atomic E-state index is -0.0809. The highest BCUT2D eigenvalue weighted by Crippen LogP contribution is 2.12. The van der Waals surface area contributed by atoms with Crippen LogP contribution in [-0.4, -0.2) is 22.8 Å². The number of hydrogen-bond donors (Lipinski definition) is 1. The van der Waals surface area contributed by atoms with Gasteiger partial charge in [0.25, 0.3) is 5.91 Å². The summed E-state index contributed by atoms with van der Waals surface area (Å²) in [6.45, 7) is 2.29. The van der Waals surface area contributed by atoms with Gasteiger partial charge in [-0.15, -0.1) is 0 Å². The predicted molar refractivity (Wildman–Crippen MR) is 81.6 cm³/mol. The molecule has 1 aromatic carbocycles. The Hall–Kier alpha value is -2.14. The predicted octanol–water partition coefficient (Wildman–Crippen LogP) is 2.49. The highest BCUT2D eigenvalue weighted by atomic mass is 32.1. The van der Waals surface area contributed by atoms with Gasteiger partial charge in [-0.25, -0.2) is 0 Å². The smallest absolute Gasteiger partial charge is 0.257 e. The molecule has 104 valence electrons. The fraction of sp³-hybridized carbons (Fsp3) is 0.200. The van der Waals surface area contributed by atoms with E-state index in [-0.39, 0.29) is 5.91 Å². The van der Waals surface area contributed by atoms with Crippen LogP contribution in [0.1, 0.15) is 27.2 Å². The van der Waals surface area contributed by atoms with Crippen molar-refractivity contribution in [1.82, 2.24) is 4.90 Å². The first kappa shape index (κ1) is 14.3. The number of carbonyl (C=O) groups is 1. The first-order valence-electron chi connectivity index (χ1n) is 6.16. The summed E-state index contributed by atoms with van der Waals surface area (Å²) in [6, 6.07) is 9.29. The zero-order valence-electron chi connectivity index (χ0n) is 11.4. The second kappa shape index (κ2) is 5.88. The van der Waals surface area contributed by atoms with Crippen LogP contribution in [0.5, 0.6) is 0 Å². The van der Waals surface area contributed by atoms with Crippen LogP contribution in [0.3, 0.4) is 0 Å². The number of aryl methyl sites for hydroxylation is 1. The van der Waals surface area contributed by atoms with Crippen LogP contribution in [0.15, 0.2) is 41.0 Å². The van der Waals surface area contributed by atoms with E-state index in [4.69, 9.17) is 22.4 Å². The van der Waals surface area contributed by atoms with E-state index in [9.17, 15) is 4.79 Å². The molecule has 0 unspecified atom stereocenters. The van der Waals surface area contributed by atoms with Gasteiger partial charge in [0.2, 0.25) is 0 Å². The summed E-state index contributed by atoms with van der Waals surface area (Å²) < 4.78 is 5.16. The zero-order chi connectivity index (χ0) is 14.7. The van der Waals surface area contributed by atoms with Gasteiger partial charge in [0.15, 0.2) is 0 Å². The van der Waals surface area contributed by atoms with Crippen molar-refractivity contribution < 1.29 is 9.21 Å². The van der Waals surface area contributed by atoms with Crippen molar-refractivity contribution >= 4 is 23.1 Å². The third kappa shape index (κ3) is 3.24. The number of carbonyl (C=O) groups excluding carboxylic acids is 1. The Labute approximate surface area is 123 Å². The first-order chi connectivity index (χ1) is 9.47. The van der Waals surface area contributed by atoms with Crippen molar-refractivity contribution in [3.05, 3.63) is 59.0 Å². The Kier molecular flexibility index (Phi) is 4.20. The van der Waals surface area contributed by atoms with Crippen molar-refractivity contribution in [2.24, 2.45) is 5.73 Å². The van der Waals surface area contributed by atoms with Crippen molar-refractivity contribution in [2.75, 3.05) is 7.05 Å². The van der Waals surface area contributed by atoms with E-state index in [1.807, 2.05) is 31.2 Å². The van der Waals surface area contributed by atoms with Gasteiger partial charge in [0.1, 0.15) is 17.0 Å². The second-order valence-electron chi connectivity index (χ2n) is 4.67. The lowest BCUT2D eigenvalue weighted by molar-refractivity contribution is 0.0784. The molecule has 4 nitrogen and oxygen atoms in total. The van der Waals surface area contributed by atoms with Crippen LogP contribution in [0.2, 0.25) is 0 Å². The van der Waals surface area contributed by atoms with Gasteiger partial charge in [-0.05, 0) is 24.6 Å². The molecule has 2 rings (SSSR count). The van der Waals surface area contributed by atoms with Crippen LogP contribution < -0.4 is 5.73 Å². The maximum absolute atomic E-state index is 12.2. The molecule has 0 spiro atoms. The summed E-state index contributed by atoms with van der Waals surface area (Å²) in [5.74, 6) is 0.639. The number of furan rings is 1. The lowest BCUT2D eigenvalue weighted by Crippen LogP contribution is -2.26. The zero-order valence-corrected chi connectivity index (χ0v) is 12.2. The van der Waals surface area contributed by atoms with E-state index < -0.39 is 0 Å². The van der Waals surface area contributed by atoms with Crippen molar-refractivity contribution in [1.29, 1.82) is 0 Å². The van der Waals surface area contributed by atoms with E-state index in [1.54, 1.807) is 18.0 Å². The molecule has 0 saturated carbocycles. The Morgan fingerprint density at radius 1 is 1.35 bits per heavy atom. The van der Waals surface area contributed by atoms with Crippen LogP contribution in [-0.2, 0) is 6.54 Å².